The number of halogens is 1. The Morgan fingerprint density at radius 1 is 1.10 bits per heavy atom. The number of benzene rings is 2. The molecule has 0 atom stereocenters. The second-order valence-corrected chi connectivity index (χ2v) is 8.57. The van der Waals surface area contributed by atoms with Crippen LogP contribution in [-0.2, 0) is 13.1 Å². The zero-order valence-corrected chi connectivity index (χ0v) is 18.0. The normalized spacial score (nSPS) is 11.4. The number of nitrogens with zero attached hydrogens (tertiary/aromatic N) is 3. The van der Waals surface area contributed by atoms with Gasteiger partial charge in [-0.05, 0) is 62.5 Å². The molecule has 0 saturated carbocycles. The maximum Gasteiger partial charge on any atom is 0.261 e. The fourth-order valence-electron chi connectivity index (χ4n) is 3.31. The van der Waals surface area contributed by atoms with Crippen LogP contribution in [0, 0.1) is 12.7 Å². The first-order valence-corrected chi connectivity index (χ1v) is 10.5. The van der Waals surface area contributed by atoms with E-state index in [0.717, 1.165) is 33.7 Å². The lowest BCUT2D eigenvalue weighted by Gasteiger charge is -2.10. The molecule has 0 aliphatic heterocycles. The van der Waals surface area contributed by atoms with Crippen molar-refractivity contribution in [3.63, 3.8) is 0 Å². The van der Waals surface area contributed by atoms with Crippen molar-refractivity contribution in [2.24, 2.45) is 0 Å². The van der Waals surface area contributed by atoms with Crippen LogP contribution < -0.4 is 5.32 Å². The van der Waals surface area contributed by atoms with Crippen molar-refractivity contribution in [3.8, 4) is 5.69 Å². The van der Waals surface area contributed by atoms with Crippen LogP contribution in [0.15, 0.2) is 54.6 Å². The SMILES string of the molecule is Cc1nn(-c2ccc(F)cc2)c2sc(C(=O)NCc3ccc(CN(C)C)cc3)cc12. The molecule has 1 amide bonds. The number of hydrogen-bond donors (Lipinski definition) is 1. The van der Waals surface area contributed by atoms with E-state index in [1.165, 1.54) is 29.0 Å². The van der Waals surface area contributed by atoms with Crippen LogP contribution in [0.3, 0.4) is 0 Å². The van der Waals surface area contributed by atoms with E-state index in [9.17, 15) is 9.18 Å². The Bertz CT molecular complexity index is 1180. The summed E-state index contributed by atoms with van der Waals surface area (Å²) in [4.78, 5) is 16.3. The lowest BCUT2D eigenvalue weighted by Crippen LogP contribution is -2.21. The van der Waals surface area contributed by atoms with Crippen LogP contribution >= 0.6 is 11.3 Å². The molecule has 4 aromatic rings. The van der Waals surface area contributed by atoms with Crippen molar-refractivity contribution < 1.29 is 9.18 Å². The van der Waals surface area contributed by atoms with Gasteiger partial charge in [0.15, 0.2) is 0 Å². The highest BCUT2D eigenvalue weighted by Crippen LogP contribution is 2.30. The van der Waals surface area contributed by atoms with E-state index < -0.39 is 0 Å². The molecule has 0 unspecified atom stereocenters. The summed E-state index contributed by atoms with van der Waals surface area (Å²) in [6.45, 7) is 3.27. The van der Waals surface area contributed by atoms with Crippen molar-refractivity contribution in [2.45, 2.75) is 20.0 Å². The Balaban J connectivity index is 1.50. The van der Waals surface area contributed by atoms with E-state index in [4.69, 9.17) is 0 Å². The Labute approximate surface area is 178 Å². The first-order chi connectivity index (χ1) is 14.4. The summed E-state index contributed by atoms with van der Waals surface area (Å²) in [6.07, 6.45) is 0. The molecule has 0 spiro atoms. The molecule has 0 aliphatic carbocycles. The number of fused-ring (bicyclic) bond motifs is 1. The Kier molecular flexibility index (Phi) is 5.65. The molecule has 0 radical (unpaired) electrons. The van der Waals surface area contributed by atoms with Gasteiger partial charge >= 0.3 is 0 Å². The molecule has 4 rings (SSSR count). The van der Waals surface area contributed by atoms with Gasteiger partial charge in [-0.1, -0.05) is 24.3 Å². The van der Waals surface area contributed by atoms with Gasteiger partial charge in [-0.2, -0.15) is 5.10 Å². The average molecular weight is 423 g/mol. The number of rotatable bonds is 6. The summed E-state index contributed by atoms with van der Waals surface area (Å²) in [5.74, 6) is -0.404. The monoisotopic (exact) mass is 422 g/mol. The number of carbonyl (C=O) groups is 1. The molecule has 5 nitrogen and oxygen atoms in total. The fourth-order valence-corrected chi connectivity index (χ4v) is 4.41. The van der Waals surface area contributed by atoms with Gasteiger partial charge in [0.2, 0.25) is 0 Å². The van der Waals surface area contributed by atoms with Gasteiger partial charge in [-0.25, -0.2) is 9.07 Å². The quantitative estimate of drug-likeness (QED) is 0.497. The predicted molar refractivity (Wildman–Crippen MR) is 119 cm³/mol. The lowest BCUT2D eigenvalue weighted by atomic mass is 10.1. The van der Waals surface area contributed by atoms with Crippen LogP contribution in [0.5, 0.6) is 0 Å². The molecule has 154 valence electrons. The number of aryl methyl sites for hydroxylation is 1. The summed E-state index contributed by atoms with van der Waals surface area (Å²) in [5.41, 5.74) is 3.89. The van der Waals surface area contributed by atoms with Crippen molar-refractivity contribution in [1.29, 1.82) is 0 Å². The van der Waals surface area contributed by atoms with Gasteiger partial charge in [-0.3, -0.25) is 4.79 Å². The van der Waals surface area contributed by atoms with E-state index >= 15 is 0 Å². The minimum Gasteiger partial charge on any atom is -0.347 e. The third-order valence-electron chi connectivity index (χ3n) is 4.81. The maximum absolute atomic E-state index is 13.3. The first kappa shape index (κ1) is 20.3. The van der Waals surface area contributed by atoms with Gasteiger partial charge in [0.05, 0.1) is 16.3 Å². The van der Waals surface area contributed by atoms with Crippen LogP contribution in [0.1, 0.15) is 26.5 Å². The number of hydrogen-bond acceptors (Lipinski definition) is 4. The van der Waals surface area contributed by atoms with Gasteiger partial charge in [0.25, 0.3) is 5.91 Å². The largest absolute Gasteiger partial charge is 0.347 e. The fraction of sp³-hybridized carbons (Fsp3) is 0.217. The molecule has 30 heavy (non-hydrogen) atoms. The third kappa shape index (κ3) is 4.27. The van der Waals surface area contributed by atoms with E-state index in [0.29, 0.717) is 11.4 Å². The van der Waals surface area contributed by atoms with Gasteiger partial charge in [0.1, 0.15) is 10.6 Å². The molecule has 2 heterocycles. The molecule has 2 aromatic carbocycles. The minimum atomic E-state index is -0.292. The summed E-state index contributed by atoms with van der Waals surface area (Å²) in [6, 6.07) is 16.3. The van der Waals surface area contributed by atoms with Crippen LogP contribution in [0.4, 0.5) is 4.39 Å². The van der Waals surface area contributed by atoms with Gasteiger partial charge in [-0.15, -0.1) is 11.3 Å². The molecule has 1 N–H and O–H groups in total. The number of nitrogens with one attached hydrogen (secondary N) is 1. The molecule has 0 bridgehead atoms. The maximum atomic E-state index is 13.3. The topological polar surface area (TPSA) is 50.2 Å². The number of amides is 1. The number of thiophene rings is 1. The summed E-state index contributed by atoms with van der Waals surface area (Å²) < 4.78 is 15.0. The lowest BCUT2D eigenvalue weighted by molar-refractivity contribution is 0.0955. The standard InChI is InChI=1S/C23H23FN4OS/c1-15-20-12-21(30-23(20)28(26-15)19-10-8-18(24)9-11-19)22(29)25-13-16-4-6-17(7-5-16)14-27(2)3/h4-12H,13-14H2,1-3H3,(H,25,29). The Morgan fingerprint density at radius 2 is 1.77 bits per heavy atom. The van der Waals surface area contributed by atoms with Gasteiger partial charge in [0, 0.05) is 18.5 Å². The van der Waals surface area contributed by atoms with Crippen LogP contribution in [-0.4, -0.2) is 34.7 Å². The first-order valence-electron chi connectivity index (χ1n) is 9.66. The molecular formula is C23H23FN4OS. The predicted octanol–water partition coefficient (Wildman–Crippen LogP) is 4.53. The smallest absolute Gasteiger partial charge is 0.261 e. The summed E-state index contributed by atoms with van der Waals surface area (Å²) in [5, 5.41) is 8.47. The number of aromatic nitrogens is 2. The summed E-state index contributed by atoms with van der Waals surface area (Å²) >= 11 is 1.39. The van der Waals surface area contributed by atoms with Gasteiger partial charge < -0.3 is 10.2 Å². The van der Waals surface area contributed by atoms with E-state index in [2.05, 4.69) is 27.4 Å². The molecule has 0 saturated heterocycles. The average Bonchev–Trinajstić information content (AvgIpc) is 3.28. The zero-order valence-electron chi connectivity index (χ0n) is 17.1. The molecule has 0 aliphatic rings. The van der Waals surface area contributed by atoms with Crippen LogP contribution in [0.2, 0.25) is 0 Å². The van der Waals surface area contributed by atoms with Crippen molar-refractivity contribution >= 4 is 27.5 Å². The Hall–Kier alpha value is -3.03. The molecule has 0 fully saturated rings. The number of carbonyl (C=O) groups excluding carboxylic acids is 1. The third-order valence-corrected chi connectivity index (χ3v) is 5.92. The highest BCUT2D eigenvalue weighted by atomic mass is 32.1. The molecule has 7 heteroatoms. The summed E-state index contributed by atoms with van der Waals surface area (Å²) in [7, 11) is 4.08. The van der Waals surface area contributed by atoms with E-state index in [-0.39, 0.29) is 11.7 Å². The second kappa shape index (κ2) is 8.38. The minimum absolute atomic E-state index is 0.112. The highest BCUT2D eigenvalue weighted by Gasteiger charge is 2.17. The van der Waals surface area contributed by atoms with Crippen molar-refractivity contribution in [2.75, 3.05) is 14.1 Å². The highest BCUT2D eigenvalue weighted by molar-refractivity contribution is 7.20. The van der Waals surface area contributed by atoms with Crippen LogP contribution in [0.25, 0.3) is 15.9 Å². The van der Waals surface area contributed by atoms with Crippen molar-refractivity contribution in [3.05, 3.63) is 82.1 Å². The van der Waals surface area contributed by atoms with E-state index in [1.807, 2.05) is 39.2 Å². The van der Waals surface area contributed by atoms with E-state index in [1.54, 1.807) is 16.8 Å². The van der Waals surface area contributed by atoms with Crippen molar-refractivity contribution in [1.82, 2.24) is 20.0 Å². The zero-order chi connectivity index (χ0) is 21.3. The molecule has 2 aromatic heterocycles. The Morgan fingerprint density at radius 3 is 2.43 bits per heavy atom. The molecular weight excluding hydrogens is 399 g/mol. The second-order valence-electron chi connectivity index (χ2n) is 7.54.